The number of phenols is 2. The Hall–Kier alpha value is -1.44. The van der Waals surface area contributed by atoms with Crippen molar-refractivity contribution in [2.45, 2.75) is 72.1 Å². The van der Waals surface area contributed by atoms with Gasteiger partial charge in [0.1, 0.15) is 0 Å². The number of hydrogen-bond acceptors (Lipinski definition) is 2. The molecule has 122 valence electrons. The Labute approximate surface area is 134 Å². The molecule has 22 heavy (non-hydrogen) atoms. The fourth-order valence-electron chi connectivity index (χ4n) is 3.81. The fraction of sp³-hybridized carbons (Fsp3) is 0.600. The maximum absolute atomic E-state index is 10.4. The zero-order valence-electron chi connectivity index (χ0n) is 14.6. The molecule has 1 aromatic carbocycles. The second kappa shape index (κ2) is 6.76. The van der Waals surface area contributed by atoms with E-state index in [9.17, 15) is 10.2 Å². The molecule has 0 spiro atoms. The van der Waals surface area contributed by atoms with Crippen LogP contribution in [0.2, 0.25) is 0 Å². The van der Waals surface area contributed by atoms with Gasteiger partial charge in [-0.05, 0) is 75.3 Å². The largest absolute Gasteiger partial charge is 0.504 e. The molecule has 2 N–H and O–H groups in total. The average molecular weight is 302 g/mol. The highest BCUT2D eigenvalue weighted by atomic mass is 16.3. The Morgan fingerprint density at radius 2 is 1.95 bits per heavy atom. The normalized spacial score (nSPS) is 22.0. The van der Waals surface area contributed by atoms with Crippen LogP contribution >= 0.6 is 0 Å². The number of allylic oxidation sites excluding steroid dienone is 2. The van der Waals surface area contributed by atoms with Gasteiger partial charge in [0.2, 0.25) is 0 Å². The van der Waals surface area contributed by atoms with E-state index in [0.717, 1.165) is 24.0 Å². The van der Waals surface area contributed by atoms with Gasteiger partial charge in [-0.3, -0.25) is 0 Å². The summed E-state index contributed by atoms with van der Waals surface area (Å²) in [6.07, 6.45) is 6.86. The second-order valence-corrected chi connectivity index (χ2v) is 7.31. The van der Waals surface area contributed by atoms with E-state index in [0.29, 0.717) is 17.8 Å². The molecule has 0 heterocycles. The predicted molar refractivity (Wildman–Crippen MR) is 92.7 cm³/mol. The fourth-order valence-corrected chi connectivity index (χ4v) is 3.81. The van der Waals surface area contributed by atoms with Gasteiger partial charge in [0, 0.05) is 5.56 Å². The lowest BCUT2D eigenvalue weighted by atomic mass is 9.70. The third-order valence-corrected chi connectivity index (χ3v) is 5.20. The van der Waals surface area contributed by atoms with Crippen LogP contribution in [0.3, 0.4) is 0 Å². The van der Waals surface area contributed by atoms with Crippen LogP contribution < -0.4 is 0 Å². The molecule has 2 nitrogen and oxygen atoms in total. The SMILES string of the molecule is CC(C)=CCC[C@H](C)[C@H]1CC[C@H](C)c2c1cc(C)c(O)c2O. The Morgan fingerprint density at radius 3 is 2.59 bits per heavy atom. The lowest BCUT2D eigenvalue weighted by Gasteiger charge is -2.34. The van der Waals surface area contributed by atoms with E-state index in [1.165, 1.54) is 24.0 Å². The summed E-state index contributed by atoms with van der Waals surface area (Å²) in [7, 11) is 0. The summed E-state index contributed by atoms with van der Waals surface area (Å²) in [5, 5.41) is 20.4. The molecule has 3 atom stereocenters. The maximum atomic E-state index is 10.4. The minimum absolute atomic E-state index is 0.0587. The van der Waals surface area contributed by atoms with Gasteiger partial charge in [-0.2, -0.15) is 0 Å². The van der Waals surface area contributed by atoms with Crippen molar-refractivity contribution < 1.29 is 10.2 Å². The van der Waals surface area contributed by atoms with Crippen LogP contribution in [0.1, 0.15) is 81.9 Å². The number of benzene rings is 1. The van der Waals surface area contributed by atoms with E-state index in [4.69, 9.17) is 0 Å². The number of hydrogen-bond donors (Lipinski definition) is 2. The molecule has 2 heteroatoms. The minimum atomic E-state index is 0.0587. The molecule has 0 amide bonds. The summed E-state index contributed by atoms with van der Waals surface area (Å²) in [6, 6.07) is 2.10. The van der Waals surface area contributed by atoms with Gasteiger partial charge in [0.15, 0.2) is 11.5 Å². The molecule has 0 aromatic heterocycles. The van der Waals surface area contributed by atoms with Gasteiger partial charge in [0.25, 0.3) is 0 Å². The van der Waals surface area contributed by atoms with Crippen LogP contribution in [-0.2, 0) is 0 Å². The molecule has 0 aliphatic heterocycles. The quantitative estimate of drug-likeness (QED) is 0.547. The van der Waals surface area contributed by atoms with Crippen LogP contribution in [-0.4, -0.2) is 10.2 Å². The highest BCUT2D eigenvalue weighted by molar-refractivity contribution is 5.56. The highest BCUT2D eigenvalue weighted by Gasteiger charge is 2.32. The smallest absolute Gasteiger partial charge is 0.161 e. The molecule has 0 radical (unpaired) electrons. The van der Waals surface area contributed by atoms with Gasteiger partial charge in [-0.25, -0.2) is 0 Å². The molecular formula is C20H30O2. The van der Waals surface area contributed by atoms with Crippen molar-refractivity contribution in [1.82, 2.24) is 0 Å². The lowest BCUT2D eigenvalue weighted by Crippen LogP contribution is -2.19. The first-order valence-corrected chi connectivity index (χ1v) is 8.51. The third-order valence-electron chi connectivity index (χ3n) is 5.20. The van der Waals surface area contributed by atoms with Gasteiger partial charge in [-0.15, -0.1) is 0 Å². The van der Waals surface area contributed by atoms with E-state index >= 15 is 0 Å². The van der Waals surface area contributed by atoms with E-state index in [1.54, 1.807) is 0 Å². The molecule has 0 saturated heterocycles. The van der Waals surface area contributed by atoms with Crippen molar-refractivity contribution >= 4 is 0 Å². The molecule has 0 unspecified atom stereocenters. The van der Waals surface area contributed by atoms with Crippen molar-refractivity contribution in [2.24, 2.45) is 5.92 Å². The van der Waals surface area contributed by atoms with Crippen LogP contribution in [0.4, 0.5) is 0 Å². The number of aromatic hydroxyl groups is 2. The standard InChI is InChI=1S/C20H30O2/c1-12(2)7-6-8-13(3)16-10-9-14(4)18-17(16)11-15(5)19(21)20(18)22/h7,11,13-14,16,21-22H,6,8-10H2,1-5H3/t13-,14-,16+/m0/s1. The van der Waals surface area contributed by atoms with Gasteiger partial charge in [-0.1, -0.05) is 31.6 Å². The highest BCUT2D eigenvalue weighted by Crippen LogP contribution is 2.50. The number of rotatable bonds is 4. The zero-order chi connectivity index (χ0) is 16.4. The van der Waals surface area contributed by atoms with Crippen molar-refractivity contribution in [3.05, 3.63) is 34.4 Å². The molecule has 1 aromatic rings. The third kappa shape index (κ3) is 3.31. The summed E-state index contributed by atoms with van der Waals surface area (Å²) in [5.41, 5.74) is 4.40. The zero-order valence-corrected chi connectivity index (χ0v) is 14.6. The second-order valence-electron chi connectivity index (χ2n) is 7.31. The van der Waals surface area contributed by atoms with E-state index in [-0.39, 0.29) is 11.5 Å². The summed E-state index contributed by atoms with van der Waals surface area (Å²) < 4.78 is 0. The molecule has 0 fully saturated rings. The maximum Gasteiger partial charge on any atom is 0.161 e. The van der Waals surface area contributed by atoms with E-state index < -0.39 is 0 Å². The van der Waals surface area contributed by atoms with Gasteiger partial charge in [0.05, 0.1) is 0 Å². The van der Waals surface area contributed by atoms with E-state index in [2.05, 4.69) is 39.8 Å². The van der Waals surface area contributed by atoms with Crippen molar-refractivity contribution in [1.29, 1.82) is 0 Å². The molecule has 0 bridgehead atoms. The minimum Gasteiger partial charge on any atom is -0.504 e. The average Bonchev–Trinajstić information content (AvgIpc) is 2.44. The molecule has 0 saturated carbocycles. The summed E-state index contributed by atoms with van der Waals surface area (Å²) in [5.74, 6) is 1.57. The molecule has 2 rings (SSSR count). The number of phenolic OH excluding ortho intramolecular Hbond substituents is 2. The molecular weight excluding hydrogens is 272 g/mol. The van der Waals surface area contributed by atoms with Crippen molar-refractivity contribution in [3.8, 4) is 11.5 Å². The van der Waals surface area contributed by atoms with Crippen LogP contribution in [0, 0.1) is 12.8 Å². The Morgan fingerprint density at radius 1 is 1.27 bits per heavy atom. The topological polar surface area (TPSA) is 40.5 Å². The number of fused-ring (bicyclic) bond motifs is 1. The Kier molecular flexibility index (Phi) is 5.20. The van der Waals surface area contributed by atoms with Gasteiger partial charge >= 0.3 is 0 Å². The summed E-state index contributed by atoms with van der Waals surface area (Å²) in [4.78, 5) is 0. The first kappa shape index (κ1) is 16.9. The van der Waals surface area contributed by atoms with E-state index in [1.807, 2.05) is 6.92 Å². The van der Waals surface area contributed by atoms with Gasteiger partial charge < -0.3 is 10.2 Å². The van der Waals surface area contributed by atoms with Crippen LogP contribution in [0.5, 0.6) is 11.5 Å². The van der Waals surface area contributed by atoms with Crippen molar-refractivity contribution in [3.63, 3.8) is 0 Å². The Balaban J connectivity index is 2.30. The monoisotopic (exact) mass is 302 g/mol. The first-order valence-electron chi connectivity index (χ1n) is 8.51. The summed E-state index contributed by atoms with van der Waals surface area (Å²) >= 11 is 0. The predicted octanol–water partition coefficient (Wildman–Crippen LogP) is 5.77. The van der Waals surface area contributed by atoms with Crippen LogP contribution in [0.25, 0.3) is 0 Å². The summed E-state index contributed by atoms with van der Waals surface area (Å²) in [6.45, 7) is 10.6. The molecule has 1 aliphatic rings. The van der Waals surface area contributed by atoms with Crippen LogP contribution in [0.15, 0.2) is 17.7 Å². The Bertz CT molecular complexity index is 568. The molecule has 1 aliphatic carbocycles. The first-order chi connectivity index (χ1) is 10.3. The van der Waals surface area contributed by atoms with Crippen molar-refractivity contribution in [2.75, 3.05) is 0 Å². The lowest BCUT2D eigenvalue weighted by molar-refractivity contribution is 0.350. The number of aryl methyl sites for hydroxylation is 1.